The van der Waals surface area contributed by atoms with E-state index < -0.39 is 0 Å². The third kappa shape index (κ3) is 2.08. The van der Waals surface area contributed by atoms with Crippen LogP contribution in [0.3, 0.4) is 0 Å². The van der Waals surface area contributed by atoms with Gasteiger partial charge in [0.1, 0.15) is 0 Å². The maximum absolute atomic E-state index is 11.0. The molecule has 1 aromatic carbocycles. The van der Waals surface area contributed by atoms with Crippen LogP contribution in [0.4, 0.5) is 0 Å². The molecule has 0 aliphatic rings. The number of esters is 1. The van der Waals surface area contributed by atoms with Gasteiger partial charge in [-0.2, -0.15) is 0 Å². The molecule has 0 fully saturated rings. The van der Waals surface area contributed by atoms with Gasteiger partial charge in [-0.15, -0.1) is 0 Å². The number of hydrogen-bond acceptors (Lipinski definition) is 2. The van der Waals surface area contributed by atoms with Crippen molar-refractivity contribution >= 4 is 5.97 Å². The molecule has 2 nitrogen and oxygen atoms in total. The zero-order chi connectivity index (χ0) is 8.10. The van der Waals surface area contributed by atoms with Crippen LogP contribution >= 0.6 is 0 Å². The van der Waals surface area contributed by atoms with Gasteiger partial charge in [0.25, 0.3) is 0 Å². The lowest BCUT2D eigenvalue weighted by Crippen LogP contribution is -2.03. The van der Waals surface area contributed by atoms with E-state index >= 15 is 0 Å². The van der Waals surface area contributed by atoms with E-state index in [0.717, 1.165) is 0 Å². The van der Waals surface area contributed by atoms with Gasteiger partial charge in [0.05, 0.1) is 12.2 Å². The molecule has 58 valence electrons. The van der Waals surface area contributed by atoms with Crippen LogP contribution in [0.5, 0.6) is 0 Å². The van der Waals surface area contributed by atoms with E-state index in [4.69, 9.17) is 4.74 Å². The van der Waals surface area contributed by atoms with Crippen LogP contribution < -0.4 is 0 Å². The number of rotatable bonds is 2. The summed E-state index contributed by atoms with van der Waals surface area (Å²) in [6.45, 7) is 2.22. The molecule has 0 heterocycles. The minimum absolute atomic E-state index is 0.256. The molecule has 0 bridgehead atoms. The fourth-order valence-electron chi connectivity index (χ4n) is 0.789. The molecule has 2 heteroatoms. The first-order valence-corrected chi connectivity index (χ1v) is 3.56. The fraction of sp³-hybridized carbons (Fsp3) is 0.222. The van der Waals surface area contributed by atoms with Crippen molar-refractivity contribution in [3.05, 3.63) is 35.9 Å². The zero-order valence-corrected chi connectivity index (χ0v) is 6.41. The molecule has 1 aromatic rings. The second-order valence-electron chi connectivity index (χ2n) is 2.09. The lowest BCUT2D eigenvalue weighted by Gasteiger charge is -1.99. The number of carbonyl (C=O) groups is 1. The predicted molar refractivity (Wildman–Crippen MR) is 42.4 cm³/mol. The molecule has 0 amide bonds. The van der Waals surface area contributed by atoms with Gasteiger partial charge in [-0.05, 0) is 19.1 Å². The molecule has 0 aliphatic carbocycles. The molecular weight excluding hydrogens is 139 g/mol. The summed E-state index contributed by atoms with van der Waals surface area (Å²) in [7, 11) is 0. The topological polar surface area (TPSA) is 26.3 Å². The predicted octanol–water partition coefficient (Wildman–Crippen LogP) is 1.86. The zero-order valence-electron chi connectivity index (χ0n) is 6.41. The molecule has 0 aromatic heterocycles. The summed E-state index contributed by atoms with van der Waals surface area (Å²) >= 11 is 0. The molecule has 0 saturated carbocycles. The summed E-state index contributed by atoms with van der Waals surface area (Å²) in [4.78, 5) is 11.0. The van der Waals surface area contributed by atoms with Crippen molar-refractivity contribution in [2.45, 2.75) is 6.92 Å². The van der Waals surface area contributed by atoms with Gasteiger partial charge in [-0.25, -0.2) is 4.79 Å². The van der Waals surface area contributed by atoms with Gasteiger partial charge in [0.15, 0.2) is 0 Å². The molecule has 1 rings (SSSR count). The average Bonchev–Trinajstić information content (AvgIpc) is 2.07. The molecule has 11 heavy (non-hydrogen) atoms. The molecule has 0 atom stereocenters. The van der Waals surface area contributed by atoms with Gasteiger partial charge >= 0.3 is 5.97 Å². The first-order valence-electron chi connectivity index (χ1n) is 3.56. The van der Waals surface area contributed by atoms with Crippen LogP contribution in [-0.2, 0) is 4.74 Å². The van der Waals surface area contributed by atoms with Crippen molar-refractivity contribution in [3.63, 3.8) is 0 Å². The van der Waals surface area contributed by atoms with Gasteiger partial charge < -0.3 is 4.74 Å². The molecule has 0 N–H and O–H groups in total. The normalized spacial score (nSPS) is 9.18. The van der Waals surface area contributed by atoms with E-state index in [-0.39, 0.29) is 5.97 Å². The van der Waals surface area contributed by atoms with Gasteiger partial charge in [0.2, 0.25) is 0 Å². The first kappa shape index (κ1) is 7.79. The van der Waals surface area contributed by atoms with Gasteiger partial charge in [0, 0.05) is 0 Å². The Balaban J connectivity index is 2.69. The van der Waals surface area contributed by atoms with Crippen LogP contribution in [0.1, 0.15) is 17.3 Å². The molecule has 0 aliphatic heterocycles. The van der Waals surface area contributed by atoms with Crippen LogP contribution in [0.15, 0.2) is 30.3 Å². The average molecular weight is 149 g/mol. The van der Waals surface area contributed by atoms with E-state index in [1.165, 1.54) is 0 Å². The van der Waals surface area contributed by atoms with Gasteiger partial charge in [-0.3, -0.25) is 0 Å². The minimum atomic E-state index is -0.256. The maximum Gasteiger partial charge on any atom is 0.338 e. The summed E-state index contributed by atoms with van der Waals surface area (Å²) in [6, 6.07) is 8.96. The third-order valence-corrected chi connectivity index (χ3v) is 1.28. The van der Waals surface area contributed by atoms with Crippen molar-refractivity contribution in [1.29, 1.82) is 0 Å². The van der Waals surface area contributed by atoms with Crippen LogP contribution in [0.2, 0.25) is 0 Å². The molecule has 0 saturated heterocycles. The van der Waals surface area contributed by atoms with E-state index in [0.29, 0.717) is 12.2 Å². The molecule has 0 spiro atoms. The molecule has 0 unspecified atom stereocenters. The summed E-state index contributed by atoms with van der Waals surface area (Å²) in [5.41, 5.74) is 0.606. The Labute approximate surface area is 65.8 Å². The fourth-order valence-corrected chi connectivity index (χ4v) is 0.789. The third-order valence-electron chi connectivity index (χ3n) is 1.28. The summed E-state index contributed by atoms with van der Waals surface area (Å²) in [6.07, 6.45) is 0. The number of benzene rings is 1. The van der Waals surface area contributed by atoms with Crippen molar-refractivity contribution in [2.24, 2.45) is 0 Å². The summed E-state index contributed by atoms with van der Waals surface area (Å²) in [5.74, 6) is -0.256. The van der Waals surface area contributed by atoms with Crippen LogP contribution in [0.25, 0.3) is 0 Å². The SMILES string of the molecule is CCO[11C](=O)c1ccccc1. The maximum atomic E-state index is 11.0. The Kier molecular flexibility index (Phi) is 2.66. The monoisotopic (exact) mass is 149 g/mol. The van der Waals surface area contributed by atoms with Crippen molar-refractivity contribution in [2.75, 3.05) is 6.61 Å². The van der Waals surface area contributed by atoms with Crippen molar-refractivity contribution in [3.8, 4) is 0 Å². The van der Waals surface area contributed by atoms with Crippen molar-refractivity contribution in [1.82, 2.24) is 0 Å². The van der Waals surface area contributed by atoms with E-state index in [1.54, 1.807) is 19.1 Å². The quantitative estimate of drug-likeness (QED) is 0.600. The highest BCUT2D eigenvalue weighted by atomic mass is 16.5. The minimum Gasteiger partial charge on any atom is -0.462 e. The van der Waals surface area contributed by atoms with E-state index in [9.17, 15) is 4.79 Å². The number of hydrogen-bond donors (Lipinski definition) is 0. The van der Waals surface area contributed by atoms with Crippen LogP contribution in [-0.4, -0.2) is 12.6 Å². The largest absolute Gasteiger partial charge is 0.462 e. The highest BCUT2D eigenvalue weighted by Crippen LogP contribution is 1.99. The second-order valence-corrected chi connectivity index (χ2v) is 2.09. The van der Waals surface area contributed by atoms with Crippen molar-refractivity contribution < 1.29 is 9.53 Å². The second kappa shape index (κ2) is 3.76. The number of carbonyl (C=O) groups excluding carboxylic acids is 1. The lowest BCUT2D eigenvalue weighted by molar-refractivity contribution is 0.0526. The Morgan fingerprint density at radius 2 is 2.00 bits per heavy atom. The smallest absolute Gasteiger partial charge is 0.338 e. The Bertz CT molecular complexity index is 229. The standard InChI is InChI=1S/C9H10O2/c1-2-11-9(10)8-6-4-3-5-7-8/h3-7H,2H2,1H3/i9-1. The van der Waals surface area contributed by atoms with E-state index in [1.807, 2.05) is 18.2 Å². The highest BCUT2D eigenvalue weighted by Gasteiger charge is 2.02. The summed E-state index contributed by atoms with van der Waals surface area (Å²) in [5, 5.41) is 0. The Morgan fingerprint density at radius 3 is 2.55 bits per heavy atom. The molecule has 0 radical (unpaired) electrons. The first-order chi connectivity index (χ1) is 5.34. The Hall–Kier alpha value is -1.31. The highest BCUT2D eigenvalue weighted by molar-refractivity contribution is 5.89. The van der Waals surface area contributed by atoms with E-state index in [2.05, 4.69) is 0 Å². The van der Waals surface area contributed by atoms with Gasteiger partial charge in [-0.1, -0.05) is 18.2 Å². The number of ether oxygens (including phenoxy) is 1. The Morgan fingerprint density at radius 1 is 1.36 bits per heavy atom. The molecular formula is C9H10O2. The van der Waals surface area contributed by atoms with Crippen LogP contribution in [0, 0.1) is 0 Å². The summed E-state index contributed by atoms with van der Waals surface area (Å²) < 4.78 is 4.79. The lowest BCUT2D eigenvalue weighted by atomic mass is 9.94.